The van der Waals surface area contributed by atoms with E-state index in [1.54, 1.807) is 11.3 Å². The molecule has 26 heavy (non-hydrogen) atoms. The molecule has 0 aliphatic carbocycles. The first-order valence-electron chi connectivity index (χ1n) is 8.85. The second kappa shape index (κ2) is 8.79. The molecule has 1 saturated heterocycles. The van der Waals surface area contributed by atoms with Crippen molar-refractivity contribution in [1.29, 1.82) is 0 Å². The highest BCUT2D eigenvalue weighted by atomic mass is 32.1. The Morgan fingerprint density at radius 2 is 2.19 bits per heavy atom. The summed E-state index contributed by atoms with van der Waals surface area (Å²) in [4.78, 5) is 29.9. The number of nitrogens with one attached hydrogen (secondary N) is 1. The predicted molar refractivity (Wildman–Crippen MR) is 107 cm³/mol. The lowest BCUT2D eigenvalue weighted by atomic mass is 9.96. The minimum absolute atomic E-state index is 0.0435. The number of amides is 2. The minimum atomic E-state index is -0.127. The summed E-state index contributed by atoms with van der Waals surface area (Å²) in [6.07, 6.45) is 1.71. The molecule has 0 radical (unpaired) electrons. The van der Waals surface area contributed by atoms with E-state index in [1.807, 2.05) is 36.5 Å². The third-order valence-corrected chi connectivity index (χ3v) is 6.39. The van der Waals surface area contributed by atoms with Crippen LogP contribution in [0.25, 0.3) is 0 Å². The van der Waals surface area contributed by atoms with Crippen molar-refractivity contribution in [2.45, 2.75) is 18.9 Å². The fourth-order valence-electron chi connectivity index (χ4n) is 3.34. The maximum Gasteiger partial charge on any atom is 0.263 e. The monoisotopic (exact) mass is 391 g/mol. The molecule has 3 rings (SSSR count). The number of hydrogen-bond donors (Lipinski definition) is 1. The molecular weight excluding hydrogens is 366 g/mol. The van der Waals surface area contributed by atoms with Gasteiger partial charge in [-0.3, -0.25) is 9.59 Å². The van der Waals surface area contributed by atoms with E-state index < -0.39 is 0 Å². The lowest BCUT2D eigenvalue weighted by Crippen LogP contribution is -2.46. The van der Waals surface area contributed by atoms with Crippen LogP contribution in [0.5, 0.6) is 0 Å². The first kappa shape index (κ1) is 19.1. The van der Waals surface area contributed by atoms with Crippen molar-refractivity contribution in [3.8, 4) is 0 Å². The third-order valence-electron chi connectivity index (χ3n) is 4.83. The molecule has 1 aliphatic rings. The topological polar surface area (TPSA) is 52.7 Å². The van der Waals surface area contributed by atoms with E-state index in [-0.39, 0.29) is 23.8 Å². The normalized spacial score (nSPS) is 18.7. The van der Waals surface area contributed by atoms with Gasteiger partial charge in [0.25, 0.3) is 5.91 Å². The molecule has 140 valence electrons. The maximum absolute atomic E-state index is 12.7. The van der Waals surface area contributed by atoms with Gasteiger partial charge < -0.3 is 15.1 Å². The molecule has 2 aromatic heterocycles. The summed E-state index contributed by atoms with van der Waals surface area (Å²) in [5.41, 5.74) is 1.22. The van der Waals surface area contributed by atoms with Crippen molar-refractivity contribution >= 4 is 34.5 Å². The van der Waals surface area contributed by atoms with Crippen LogP contribution in [0.1, 0.15) is 34.1 Å². The van der Waals surface area contributed by atoms with Crippen molar-refractivity contribution in [1.82, 2.24) is 15.1 Å². The van der Waals surface area contributed by atoms with Crippen LogP contribution in [0.3, 0.4) is 0 Å². The molecular formula is C19H25N3O2S2. The van der Waals surface area contributed by atoms with Crippen molar-refractivity contribution < 1.29 is 9.59 Å². The largest absolute Gasteiger partial charge is 0.354 e. The van der Waals surface area contributed by atoms with E-state index in [1.165, 1.54) is 16.9 Å². The molecule has 0 saturated carbocycles. The van der Waals surface area contributed by atoms with Gasteiger partial charge in [0.15, 0.2) is 0 Å². The van der Waals surface area contributed by atoms with Gasteiger partial charge in [-0.25, -0.2) is 0 Å². The minimum Gasteiger partial charge on any atom is -0.354 e. The van der Waals surface area contributed by atoms with Gasteiger partial charge >= 0.3 is 0 Å². The Kier molecular flexibility index (Phi) is 6.45. The van der Waals surface area contributed by atoms with Crippen LogP contribution in [0.4, 0.5) is 0 Å². The Balaban J connectivity index is 1.56. The molecule has 5 nitrogen and oxygen atoms in total. The van der Waals surface area contributed by atoms with E-state index in [0.717, 1.165) is 24.3 Å². The Labute approximate surface area is 162 Å². The average molecular weight is 392 g/mol. The van der Waals surface area contributed by atoms with Crippen molar-refractivity contribution in [3.05, 3.63) is 44.8 Å². The van der Waals surface area contributed by atoms with Gasteiger partial charge in [0.2, 0.25) is 5.91 Å². The Hall–Kier alpha value is -1.70. The lowest BCUT2D eigenvalue weighted by molar-refractivity contribution is -0.126. The van der Waals surface area contributed by atoms with E-state index in [4.69, 9.17) is 0 Å². The molecule has 7 heteroatoms. The van der Waals surface area contributed by atoms with E-state index in [2.05, 4.69) is 27.0 Å². The fourth-order valence-corrected chi connectivity index (χ4v) is 4.73. The average Bonchev–Trinajstić information content (AvgIpc) is 3.35. The standard InChI is InChI=1S/C19H25N3O2S2/c1-21(2)16(15-7-10-25-13-15)11-20-18(23)14-5-3-8-22(12-14)19(24)17-6-4-9-26-17/h4,6-7,9-10,13-14,16H,3,5,8,11-12H2,1-2H3,(H,20,23)/t14-,16-/m0/s1. The number of nitrogens with zero attached hydrogens (tertiary/aromatic N) is 2. The molecule has 2 amide bonds. The molecule has 0 aromatic carbocycles. The zero-order valence-corrected chi connectivity index (χ0v) is 16.8. The van der Waals surface area contributed by atoms with Crippen LogP contribution < -0.4 is 5.32 Å². The van der Waals surface area contributed by atoms with Crippen LogP contribution in [-0.4, -0.2) is 55.3 Å². The highest BCUT2D eigenvalue weighted by molar-refractivity contribution is 7.12. The maximum atomic E-state index is 12.7. The molecule has 0 bridgehead atoms. The summed E-state index contributed by atoms with van der Waals surface area (Å²) in [6, 6.07) is 6.00. The number of carbonyl (C=O) groups is 2. The molecule has 3 heterocycles. The number of likely N-dealkylation sites (tertiary alicyclic amines) is 1. The SMILES string of the molecule is CN(C)[C@@H](CNC(=O)[C@H]1CCCN(C(=O)c2cccs2)C1)c1ccsc1. The second-order valence-corrected chi connectivity index (χ2v) is 8.58. The molecule has 1 N–H and O–H groups in total. The van der Waals surface area contributed by atoms with Crippen LogP contribution >= 0.6 is 22.7 Å². The summed E-state index contributed by atoms with van der Waals surface area (Å²) in [5.74, 6) is -0.0318. The number of hydrogen-bond acceptors (Lipinski definition) is 5. The van der Waals surface area contributed by atoms with Crippen LogP contribution in [0, 0.1) is 5.92 Å². The fraction of sp³-hybridized carbons (Fsp3) is 0.474. The van der Waals surface area contributed by atoms with Crippen molar-refractivity contribution in [3.63, 3.8) is 0 Å². The first-order chi connectivity index (χ1) is 12.6. The highest BCUT2D eigenvalue weighted by Crippen LogP contribution is 2.22. The van der Waals surface area contributed by atoms with Crippen molar-refractivity contribution in [2.24, 2.45) is 5.92 Å². The zero-order chi connectivity index (χ0) is 18.5. The van der Waals surface area contributed by atoms with Gasteiger partial charge in [0.05, 0.1) is 16.8 Å². The Morgan fingerprint density at radius 3 is 2.85 bits per heavy atom. The summed E-state index contributed by atoms with van der Waals surface area (Å²) < 4.78 is 0. The summed E-state index contributed by atoms with van der Waals surface area (Å²) in [7, 11) is 4.05. The van der Waals surface area contributed by atoms with E-state index in [9.17, 15) is 9.59 Å². The molecule has 2 aromatic rings. The third kappa shape index (κ3) is 4.52. The van der Waals surface area contributed by atoms with E-state index >= 15 is 0 Å². The molecule has 2 atom stereocenters. The number of rotatable bonds is 6. The number of thiophene rings is 2. The number of likely N-dealkylation sites (N-methyl/N-ethyl adjacent to an activating group) is 1. The first-order valence-corrected chi connectivity index (χ1v) is 10.7. The van der Waals surface area contributed by atoms with Crippen LogP contribution in [0.2, 0.25) is 0 Å². The Morgan fingerprint density at radius 1 is 1.35 bits per heavy atom. The van der Waals surface area contributed by atoms with Crippen LogP contribution in [0.15, 0.2) is 34.3 Å². The summed E-state index contributed by atoms with van der Waals surface area (Å²) in [5, 5.41) is 9.20. The van der Waals surface area contributed by atoms with E-state index in [0.29, 0.717) is 13.1 Å². The second-order valence-electron chi connectivity index (χ2n) is 6.85. The number of piperidine rings is 1. The predicted octanol–water partition coefficient (Wildman–Crippen LogP) is 3.08. The van der Waals surface area contributed by atoms with Gasteiger partial charge in [-0.15, -0.1) is 11.3 Å². The molecule has 0 unspecified atom stereocenters. The van der Waals surface area contributed by atoms with Gasteiger partial charge in [0, 0.05) is 19.6 Å². The van der Waals surface area contributed by atoms with Gasteiger partial charge in [-0.05, 0) is 60.8 Å². The zero-order valence-electron chi connectivity index (χ0n) is 15.2. The smallest absolute Gasteiger partial charge is 0.263 e. The van der Waals surface area contributed by atoms with Gasteiger partial charge in [0.1, 0.15) is 0 Å². The van der Waals surface area contributed by atoms with Crippen LogP contribution in [-0.2, 0) is 4.79 Å². The molecule has 1 aliphatic heterocycles. The highest BCUT2D eigenvalue weighted by Gasteiger charge is 2.29. The molecule has 1 fully saturated rings. The lowest BCUT2D eigenvalue weighted by Gasteiger charge is -2.32. The summed E-state index contributed by atoms with van der Waals surface area (Å²) in [6.45, 7) is 1.82. The number of carbonyl (C=O) groups excluding carboxylic acids is 2. The van der Waals surface area contributed by atoms with Crippen molar-refractivity contribution in [2.75, 3.05) is 33.7 Å². The van der Waals surface area contributed by atoms with Gasteiger partial charge in [-0.2, -0.15) is 11.3 Å². The molecule has 0 spiro atoms. The quantitative estimate of drug-likeness (QED) is 0.823. The summed E-state index contributed by atoms with van der Waals surface area (Å²) >= 11 is 3.12. The van der Waals surface area contributed by atoms with Gasteiger partial charge in [-0.1, -0.05) is 6.07 Å². The Bertz CT molecular complexity index is 713.